The number of thioether (sulfide) groups is 1. The molecule has 0 aromatic heterocycles. The number of anilines is 1. The summed E-state index contributed by atoms with van der Waals surface area (Å²) in [7, 11) is 0. The summed E-state index contributed by atoms with van der Waals surface area (Å²) in [6.45, 7) is 2.00. The monoisotopic (exact) mass is 441 g/mol. The molecule has 0 radical (unpaired) electrons. The van der Waals surface area contributed by atoms with Crippen molar-refractivity contribution in [3.8, 4) is 6.07 Å². The van der Waals surface area contributed by atoms with Gasteiger partial charge in [-0.15, -0.1) is 0 Å². The molecule has 0 saturated carbocycles. The minimum Gasteiger partial charge on any atom is -0.365 e. The van der Waals surface area contributed by atoms with Crippen LogP contribution in [0.1, 0.15) is 11.1 Å². The van der Waals surface area contributed by atoms with E-state index in [1.165, 1.54) is 16.7 Å². The zero-order chi connectivity index (χ0) is 19.6. The highest BCUT2D eigenvalue weighted by Gasteiger charge is 2.40. The molecule has 2 N–H and O–H groups in total. The number of amides is 2. The van der Waals surface area contributed by atoms with Gasteiger partial charge in [0.05, 0.1) is 5.25 Å². The molecule has 1 aliphatic rings. The molecule has 1 fully saturated rings. The summed E-state index contributed by atoms with van der Waals surface area (Å²) in [5, 5.41) is 9.24. The van der Waals surface area contributed by atoms with E-state index < -0.39 is 11.2 Å². The lowest BCUT2D eigenvalue weighted by atomic mass is 10.1. The molecule has 27 heavy (non-hydrogen) atoms. The highest BCUT2D eigenvalue weighted by molar-refractivity contribution is 9.10. The second kappa shape index (κ2) is 7.99. The number of aryl methyl sites for hydroxylation is 1. The number of carbonyl (C=O) groups excluding carboxylic acids is 2. The molecule has 2 amide bonds. The van der Waals surface area contributed by atoms with Gasteiger partial charge < -0.3 is 5.73 Å². The number of nitrogens with two attached hydrogens (primary N) is 1. The zero-order valence-corrected chi connectivity index (χ0v) is 16.9. The van der Waals surface area contributed by atoms with Crippen molar-refractivity contribution in [2.24, 2.45) is 5.73 Å². The lowest BCUT2D eigenvalue weighted by Gasteiger charge is -2.18. The van der Waals surface area contributed by atoms with E-state index in [0.717, 1.165) is 15.6 Å². The molecule has 2 aromatic carbocycles. The van der Waals surface area contributed by atoms with E-state index >= 15 is 0 Å². The lowest BCUT2D eigenvalue weighted by Crippen LogP contribution is -2.31. The molecule has 1 atom stereocenters. The van der Waals surface area contributed by atoms with Gasteiger partial charge in [0, 0.05) is 10.2 Å². The van der Waals surface area contributed by atoms with Gasteiger partial charge in [-0.1, -0.05) is 57.5 Å². The van der Waals surface area contributed by atoms with Crippen molar-refractivity contribution in [2.75, 3.05) is 4.90 Å². The van der Waals surface area contributed by atoms with Crippen molar-refractivity contribution in [3.63, 3.8) is 0 Å². The van der Waals surface area contributed by atoms with Crippen LogP contribution in [0, 0.1) is 18.3 Å². The summed E-state index contributed by atoms with van der Waals surface area (Å²) in [5.74, 6) is -1.02. The van der Waals surface area contributed by atoms with Crippen molar-refractivity contribution in [1.82, 2.24) is 0 Å². The summed E-state index contributed by atoms with van der Waals surface area (Å²) in [5.41, 5.74) is 7.91. The van der Waals surface area contributed by atoms with Crippen molar-refractivity contribution < 1.29 is 9.59 Å². The number of benzene rings is 2. The molecule has 7 heteroatoms. The standard InChI is InChI=1S/C20H16BrN3O2S/c1-12-2-4-13(5-3-12)10-17-19(26)24(15-8-6-14(21)7-9-15)20(27-17)16(11-22)18(23)25/h2-9,17H,10H2,1H3,(H2,23,25)/b20-16-/t17-/m1/s1. The van der Waals surface area contributed by atoms with Crippen molar-refractivity contribution in [3.05, 3.63) is 74.7 Å². The number of primary amides is 1. The van der Waals surface area contributed by atoms with E-state index in [4.69, 9.17) is 5.73 Å². The number of hydrogen-bond acceptors (Lipinski definition) is 4. The predicted molar refractivity (Wildman–Crippen MR) is 110 cm³/mol. The average Bonchev–Trinajstić information content (AvgIpc) is 2.94. The van der Waals surface area contributed by atoms with Crippen molar-refractivity contribution in [2.45, 2.75) is 18.6 Å². The third kappa shape index (κ3) is 4.07. The minimum absolute atomic E-state index is 0.174. The first kappa shape index (κ1) is 19.2. The van der Waals surface area contributed by atoms with E-state index in [1.807, 2.05) is 37.3 Å². The average molecular weight is 442 g/mol. The van der Waals surface area contributed by atoms with Crippen LogP contribution < -0.4 is 10.6 Å². The number of halogens is 1. The van der Waals surface area contributed by atoms with Gasteiger partial charge in [-0.05, 0) is 43.2 Å². The zero-order valence-electron chi connectivity index (χ0n) is 14.5. The van der Waals surface area contributed by atoms with E-state index in [1.54, 1.807) is 24.3 Å². The Balaban J connectivity index is 2.01. The number of carbonyl (C=O) groups is 2. The Morgan fingerprint density at radius 1 is 1.22 bits per heavy atom. The van der Waals surface area contributed by atoms with E-state index in [-0.39, 0.29) is 16.5 Å². The third-order valence-corrected chi connectivity index (χ3v) is 5.94. The fraction of sp³-hybridized carbons (Fsp3) is 0.150. The highest BCUT2D eigenvalue weighted by atomic mass is 79.9. The van der Waals surface area contributed by atoms with Crippen molar-refractivity contribution >= 4 is 45.2 Å². The molecule has 0 spiro atoms. The van der Waals surface area contributed by atoms with Gasteiger partial charge in [-0.25, -0.2) is 0 Å². The maximum Gasteiger partial charge on any atom is 0.262 e. The van der Waals surface area contributed by atoms with Crippen LogP contribution in [0.3, 0.4) is 0 Å². The molecule has 5 nitrogen and oxygen atoms in total. The minimum atomic E-state index is -0.842. The summed E-state index contributed by atoms with van der Waals surface area (Å²) in [4.78, 5) is 26.3. The molecule has 2 aromatic rings. The molecule has 1 aliphatic heterocycles. The maximum atomic E-state index is 13.1. The second-order valence-electron chi connectivity index (χ2n) is 6.10. The molecular formula is C20H16BrN3O2S. The Bertz CT molecular complexity index is 962. The Hall–Kier alpha value is -2.56. The fourth-order valence-electron chi connectivity index (χ4n) is 2.76. The van der Waals surface area contributed by atoms with Crippen LogP contribution in [0.5, 0.6) is 0 Å². The first-order chi connectivity index (χ1) is 12.9. The number of nitriles is 1. The Morgan fingerprint density at radius 3 is 2.41 bits per heavy atom. The molecular weight excluding hydrogens is 426 g/mol. The predicted octanol–water partition coefficient (Wildman–Crippen LogP) is 3.67. The van der Waals surface area contributed by atoms with Crippen LogP contribution in [-0.2, 0) is 16.0 Å². The summed E-state index contributed by atoms with van der Waals surface area (Å²) >= 11 is 4.57. The van der Waals surface area contributed by atoms with Crippen LogP contribution in [0.15, 0.2) is 63.6 Å². The van der Waals surface area contributed by atoms with Crippen LogP contribution in [-0.4, -0.2) is 17.1 Å². The number of hydrogen-bond donors (Lipinski definition) is 1. The highest BCUT2D eigenvalue weighted by Crippen LogP contribution is 2.42. The Morgan fingerprint density at radius 2 is 1.85 bits per heavy atom. The van der Waals surface area contributed by atoms with E-state index in [9.17, 15) is 14.9 Å². The molecule has 0 bridgehead atoms. The van der Waals surface area contributed by atoms with Gasteiger partial charge in [0.2, 0.25) is 5.91 Å². The molecule has 3 rings (SSSR count). The Kier molecular flexibility index (Phi) is 5.68. The van der Waals surface area contributed by atoms with Gasteiger partial charge in [-0.2, -0.15) is 5.26 Å². The lowest BCUT2D eigenvalue weighted by molar-refractivity contribution is -0.117. The third-order valence-electron chi connectivity index (χ3n) is 4.15. The molecule has 1 saturated heterocycles. The van der Waals surface area contributed by atoms with E-state index in [0.29, 0.717) is 12.1 Å². The SMILES string of the molecule is Cc1ccc(C[C@H]2S/C(=C(/C#N)C(N)=O)N(c3ccc(Br)cc3)C2=O)cc1. The normalized spacial score (nSPS) is 18.3. The molecule has 1 heterocycles. The van der Waals surface area contributed by atoms with Gasteiger partial charge in [-0.3, -0.25) is 14.5 Å². The van der Waals surface area contributed by atoms with Gasteiger partial charge >= 0.3 is 0 Å². The van der Waals surface area contributed by atoms with Crippen LogP contribution in [0.25, 0.3) is 0 Å². The quantitative estimate of drug-likeness (QED) is 0.578. The smallest absolute Gasteiger partial charge is 0.262 e. The molecule has 0 unspecified atom stereocenters. The fourth-order valence-corrected chi connectivity index (χ4v) is 4.34. The number of nitrogens with zero attached hydrogens (tertiary/aromatic N) is 2. The first-order valence-electron chi connectivity index (χ1n) is 8.16. The van der Waals surface area contributed by atoms with Crippen LogP contribution in [0.4, 0.5) is 5.69 Å². The number of rotatable bonds is 4. The summed E-state index contributed by atoms with van der Waals surface area (Å²) in [6, 6.07) is 16.9. The molecule has 136 valence electrons. The van der Waals surface area contributed by atoms with E-state index in [2.05, 4.69) is 15.9 Å². The van der Waals surface area contributed by atoms with Gasteiger partial charge in [0.25, 0.3) is 5.91 Å². The first-order valence-corrected chi connectivity index (χ1v) is 9.84. The largest absolute Gasteiger partial charge is 0.365 e. The second-order valence-corrected chi connectivity index (χ2v) is 8.21. The van der Waals surface area contributed by atoms with Gasteiger partial charge in [0.15, 0.2) is 0 Å². The Labute approximate surface area is 170 Å². The van der Waals surface area contributed by atoms with Gasteiger partial charge in [0.1, 0.15) is 16.7 Å². The topological polar surface area (TPSA) is 87.2 Å². The molecule has 0 aliphatic carbocycles. The summed E-state index contributed by atoms with van der Waals surface area (Å²) < 4.78 is 0.864. The summed E-state index contributed by atoms with van der Waals surface area (Å²) in [6.07, 6.45) is 0.498. The van der Waals surface area contributed by atoms with Crippen LogP contribution in [0.2, 0.25) is 0 Å². The van der Waals surface area contributed by atoms with Crippen LogP contribution >= 0.6 is 27.7 Å². The van der Waals surface area contributed by atoms with Crippen molar-refractivity contribution in [1.29, 1.82) is 5.26 Å². The maximum absolute atomic E-state index is 13.1.